The number of hydrogen-bond acceptors (Lipinski definition) is 3. The highest BCUT2D eigenvalue weighted by Gasteiger charge is 2.19. The Balaban J connectivity index is 2.08. The molecule has 0 spiro atoms. The molecule has 0 fully saturated rings. The Morgan fingerprint density at radius 1 is 1.30 bits per heavy atom. The number of nitrogens with one attached hydrogen (secondary N) is 1. The minimum atomic E-state index is -0.0179. The summed E-state index contributed by atoms with van der Waals surface area (Å²) >= 11 is 12.0. The fourth-order valence-corrected chi connectivity index (χ4v) is 2.43. The minimum Gasteiger partial charge on any atom is -0.492 e. The number of rotatable bonds is 6. The number of benzene rings is 1. The molecule has 4 nitrogen and oxygen atoms in total. The van der Waals surface area contributed by atoms with E-state index in [1.807, 2.05) is 26.1 Å². The number of aromatic nitrogens is 2. The third-order valence-corrected chi connectivity index (χ3v) is 3.49. The van der Waals surface area contributed by atoms with Gasteiger partial charge in [0, 0.05) is 12.1 Å². The summed E-state index contributed by atoms with van der Waals surface area (Å²) < 4.78 is 7.55. The van der Waals surface area contributed by atoms with Gasteiger partial charge in [-0.25, -0.2) is 0 Å². The van der Waals surface area contributed by atoms with Gasteiger partial charge in [0.25, 0.3) is 0 Å². The number of halogens is 2. The largest absolute Gasteiger partial charge is 0.492 e. The summed E-state index contributed by atoms with van der Waals surface area (Å²) in [6, 6.07) is 7.27. The van der Waals surface area contributed by atoms with Crippen molar-refractivity contribution in [2.75, 3.05) is 13.2 Å². The molecule has 0 aliphatic carbocycles. The molecule has 1 unspecified atom stereocenters. The smallest absolute Gasteiger partial charge is 0.119 e. The molecule has 1 heterocycles. The second-order valence-corrected chi connectivity index (χ2v) is 5.22. The van der Waals surface area contributed by atoms with Gasteiger partial charge in [-0.1, -0.05) is 30.1 Å². The zero-order valence-electron chi connectivity index (χ0n) is 11.4. The lowest BCUT2D eigenvalue weighted by atomic mass is 10.2. The van der Waals surface area contributed by atoms with E-state index in [-0.39, 0.29) is 6.04 Å². The molecule has 0 radical (unpaired) electrons. The molecule has 2 rings (SSSR count). The highest BCUT2D eigenvalue weighted by atomic mass is 35.5. The van der Waals surface area contributed by atoms with E-state index in [0.29, 0.717) is 16.7 Å². The number of hydrogen-bond donors (Lipinski definition) is 1. The summed E-state index contributed by atoms with van der Waals surface area (Å²) in [5.74, 6) is 0.774. The van der Waals surface area contributed by atoms with E-state index in [1.165, 1.54) is 0 Å². The Morgan fingerprint density at radius 3 is 2.55 bits per heavy atom. The van der Waals surface area contributed by atoms with E-state index in [1.54, 1.807) is 23.0 Å². The van der Waals surface area contributed by atoms with Crippen molar-refractivity contribution in [3.8, 4) is 5.75 Å². The van der Waals surface area contributed by atoms with Gasteiger partial charge >= 0.3 is 0 Å². The lowest BCUT2D eigenvalue weighted by molar-refractivity contribution is 0.262. The Kier molecular flexibility index (Phi) is 5.29. The molecular weight excluding hydrogens is 297 g/mol. The van der Waals surface area contributed by atoms with Crippen LogP contribution in [-0.2, 0) is 7.05 Å². The molecule has 2 aromatic rings. The summed E-state index contributed by atoms with van der Waals surface area (Å²) in [5, 5.41) is 8.84. The summed E-state index contributed by atoms with van der Waals surface area (Å²) in [5.41, 5.74) is 0.919. The normalized spacial score (nSPS) is 12.4. The van der Waals surface area contributed by atoms with Crippen molar-refractivity contribution < 1.29 is 4.74 Å². The van der Waals surface area contributed by atoms with Crippen LogP contribution in [0.25, 0.3) is 0 Å². The van der Waals surface area contributed by atoms with Crippen molar-refractivity contribution in [1.29, 1.82) is 0 Å². The van der Waals surface area contributed by atoms with Crippen LogP contribution in [0.1, 0.15) is 18.7 Å². The zero-order chi connectivity index (χ0) is 14.5. The van der Waals surface area contributed by atoms with Crippen LogP contribution in [0, 0.1) is 0 Å². The highest BCUT2D eigenvalue weighted by Crippen LogP contribution is 2.23. The van der Waals surface area contributed by atoms with E-state index in [0.717, 1.165) is 18.0 Å². The summed E-state index contributed by atoms with van der Waals surface area (Å²) in [7, 11) is 1.87. The second kappa shape index (κ2) is 6.97. The molecule has 6 heteroatoms. The van der Waals surface area contributed by atoms with Gasteiger partial charge in [-0.05, 0) is 30.8 Å². The molecule has 20 heavy (non-hydrogen) atoms. The molecule has 0 aliphatic heterocycles. The van der Waals surface area contributed by atoms with Crippen LogP contribution in [0.4, 0.5) is 0 Å². The van der Waals surface area contributed by atoms with Crippen LogP contribution < -0.4 is 10.1 Å². The van der Waals surface area contributed by atoms with E-state index >= 15 is 0 Å². The van der Waals surface area contributed by atoms with Gasteiger partial charge in [0.15, 0.2) is 0 Å². The quantitative estimate of drug-likeness (QED) is 0.887. The number of aryl methyl sites for hydroxylation is 1. The molecule has 0 saturated heterocycles. The first kappa shape index (κ1) is 15.2. The average Bonchev–Trinajstić information content (AvgIpc) is 2.76. The van der Waals surface area contributed by atoms with Crippen LogP contribution in [0.5, 0.6) is 5.75 Å². The first-order chi connectivity index (χ1) is 9.61. The van der Waals surface area contributed by atoms with Gasteiger partial charge < -0.3 is 10.1 Å². The van der Waals surface area contributed by atoms with Crippen LogP contribution in [0.3, 0.4) is 0 Å². The molecule has 1 atom stereocenters. The second-order valence-electron chi connectivity index (χ2n) is 4.38. The van der Waals surface area contributed by atoms with Crippen molar-refractivity contribution in [2.24, 2.45) is 7.05 Å². The maximum absolute atomic E-state index is 6.18. The van der Waals surface area contributed by atoms with E-state index in [9.17, 15) is 0 Å². The van der Waals surface area contributed by atoms with E-state index in [4.69, 9.17) is 27.9 Å². The molecule has 0 bridgehead atoms. The van der Waals surface area contributed by atoms with Gasteiger partial charge in [0.1, 0.15) is 12.4 Å². The highest BCUT2D eigenvalue weighted by molar-refractivity contribution is 6.31. The molecule has 1 aromatic carbocycles. The molecule has 0 aliphatic rings. The summed E-state index contributed by atoms with van der Waals surface area (Å²) in [4.78, 5) is 0. The van der Waals surface area contributed by atoms with Gasteiger partial charge in [-0.2, -0.15) is 5.10 Å². The zero-order valence-corrected chi connectivity index (χ0v) is 12.9. The third kappa shape index (κ3) is 3.66. The fraction of sp³-hybridized carbons (Fsp3) is 0.357. The molecule has 0 amide bonds. The molecule has 1 aromatic heterocycles. The Hall–Kier alpha value is -1.23. The number of ether oxygens (including phenoxy) is 1. The topological polar surface area (TPSA) is 39.1 Å². The maximum atomic E-state index is 6.18. The Morgan fingerprint density at radius 2 is 2.00 bits per heavy atom. The Labute approximate surface area is 128 Å². The van der Waals surface area contributed by atoms with Crippen molar-refractivity contribution >= 4 is 23.2 Å². The van der Waals surface area contributed by atoms with Crippen LogP contribution in [0.2, 0.25) is 10.0 Å². The van der Waals surface area contributed by atoms with E-state index in [2.05, 4.69) is 10.4 Å². The summed E-state index contributed by atoms with van der Waals surface area (Å²) in [6.07, 6.45) is 1.64. The average molecular weight is 314 g/mol. The SMILES string of the molecule is CCNC(COc1ccc(Cl)cc1)c1c(Cl)cnn1C. The monoisotopic (exact) mass is 313 g/mol. The van der Waals surface area contributed by atoms with Crippen LogP contribution in [0.15, 0.2) is 30.5 Å². The van der Waals surface area contributed by atoms with Crippen molar-refractivity contribution in [1.82, 2.24) is 15.1 Å². The van der Waals surface area contributed by atoms with Crippen LogP contribution in [-0.4, -0.2) is 22.9 Å². The van der Waals surface area contributed by atoms with Crippen molar-refractivity contribution in [2.45, 2.75) is 13.0 Å². The number of likely N-dealkylation sites (N-methyl/N-ethyl adjacent to an activating group) is 1. The standard InChI is InChI=1S/C14H17Cl2N3O/c1-3-17-13(14-12(16)8-18-19(14)2)9-20-11-6-4-10(15)5-7-11/h4-8,13,17H,3,9H2,1-2H3. The third-order valence-electron chi connectivity index (χ3n) is 2.95. The predicted octanol–water partition coefficient (Wildman–Crippen LogP) is 3.46. The van der Waals surface area contributed by atoms with Gasteiger partial charge in [0.05, 0.1) is 23.0 Å². The first-order valence-electron chi connectivity index (χ1n) is 6.41. The fourth-order valence-electron chi connectivity index (χ4n) is 2.00. The van der Waals surface area contributed by atoms with E-state index < -0.39 is 0 Å². The lowest BCUT2D eigenvalue weighted by Gasteiger charge is -2.19. The molecule has 108 valence electrons. The maximum Gasteiger partial charge on any atom is 0.119 e. The Bertz CT molecular complexity index is 535. The van der Waals surface area contributed by atoms with Gasteiger partial charge in [-0.3, -0.25) is 4.68 Å². The molecule has 0 saturated carbocycles. The minimum absolute atomic E-state index is 0.0179. The van der Waals surface area contributed by atoms with Gasteiger partial charge in [0.2, 0.25) is 0 Å². The number of nitrogens with zero attached hydrogens (tertiary/aromatic N) is 2. The van der Waals surface area contributed by atoms with Crippen molar-refractivity contribution in [3.63, 3.8) is 0 Å². The lowest BCUT2D eigenvalue weighted by Crippen LogP contribution is -2.28. The molecular formula is C14H17Cl2N3O. The first-order valence-corrected chi connectivity index (χ1v) is 7.16. The van der Waals surface area contributed by atoms with Crippen molar-refractivity contribution in [3.05, 3.63) is 46.2 Å². The molecule has 1 N–H and O–H groups in total. The van der Waals surface area contributed by atoms with Gasteiger partial charge in [-0.15, -0.1) is 0 Å². The summed E-state index contributed by atoms with van der Waals surface area (Å²) in [6.45, 7) is 3.32. The van der Waals surface area contributed by atoms with Crippen LogP contribution >= 0.6 is 23.2 Å². The predicted molar refractivity (Wildman–Crippen MR) is 81.6 cm³/mol.